The normalized spacial score (nSPS) is 10.4. The number of halogens is 1. The molecular weight excluding hydrogens is 400 g/mol. The van der Waals surface area contributed by atoms with Crippen molar-refractivity contribution in [3.8, 4) is 5.75 Å². The number of ether oxygens (including phenoxy) is 2. The lowest BCUT2D eigenvalue weighted by molar-refractivity contribution is 0.0520. The van der Waals surface area contributed by atoms with Crippen LogP contribution in [0.15, 0.2) is 33.6 Å². The molecule has 8 heteroatoms. The number of likely N-dealkylation sites (N-methyl/N-ethyl adjacent to an activating group) is 1. The van der Waals surface area contributed by atoms with Gasteiger partial charge in [-0.05, 0) is 66.0 Å². The second kappa shape index (κ2) is 12.7. The molecule has 1 aromatic heterocycles. The first-order valence-electron chi connectivity index (χ1n) is 8.94. The van der Waals surface area contributed by atoms with Gasteiger partial charge in [-0.1, -0.05) is 23.7 Å². The van der Waals surface area contributed by atoms with Crippen LogP contribution in [0.2, 0.25) is 5.02 Å². The Kier molecular flexibility index (Phi) is 11.1. The third kappa shape index (κ3) is 7.75. The van der Waals surface area contributed by atoms with Gasteiger partial charge in [-0.3, -0.25) is 4.72 Å². The number of para-hydroxylation sites is 1. The van der Waals surface area contributed by atoms with Crippen LogP contribution in [0.5, 0.6) is 5.75 Å². The van der Waals surface area contributed by atoms with Gasteiger partial charge in [-0.25, -0.2) is 4.79 Å². The van der Waals surface area contributed by atoms with Gasteiger partial charge < -0.3 is 18.8 Å². The van der Waals surface area contributed by atoms with Crippen LogP contribution in [-0.2, 0) is 4.74 Å². The van der Waals surface area contributed by atoms with Gasteiger partial charge >= 0.3 is 5.97 Å². The van der Waals surface area contributed by atoms with E-state index < -0.39 is 0 Å². The molecule has 0 spiro atoms. The van der Waals surface area contributed by atoms with Crippen molar-refractivity contribution < 1.29 is 18.7 Å². The van der Waals surface area contributed by atoms with E-state index in [-0.39, 0.29) is 5.97 Å². The number of hydrogen-bond acceptors (Lipinski definition) is 7. The predicted octanol–water partition coefficient (Wildman–Crippen LogP) is 4.58. The summed E-state index contributed by atoms with van der Waals surface area (Å²) >= 11 is 7.26. The number of furan rings is 1. The van der Waals surface area contributed by atoms with Crippen molar-refractivity contribution in [2.24, 2.45) is 0 Å². The fourth-order valence-corrected chi connectivity index (χ4v) is 3.14. The highest BCUT2D eigenvalue weighted by molar-refractivity contribution is 7.97. The lowest BCUT2D eigenvalue weighted by atomic mass is 10.2. The number of esters is 1. The molecule has 0 unspecified atom stereocenters. The zero-order valence-electron chi connectivity index (χ0n) is 17.3. The molecule has 2 rings (SSSR count). The summed E-state index contributed by atoms with van der Waals surface area (Å²) in [7, 11) is 5.81. The average molecular weight is 429 g/mol. The van der Waals surface area contributed by atoms with E-state index in [0.717, 1.165) is 22.9 Å². The molecule has 0 atom stereocenters. The van der Waals surface area contributed by atoms with E-state index in [1.54, 1.807) is 20.9 Å². The molecule has 1 aromatic carbocycles. The van der Waals surface area contributed by atoms with E-state index in [9.17, 15) is 4.79 Å². The SMILES string of the molecule is CCOC(=O)c1c(C)oc(C)c1SNC.CN(C)CCOc1ccccc1Cl. The van der Waals surface area contributed by atoms with Crippen LogP contribution in [-0.4, -0.2) is 51.8 Å². The maximum atomic E-state index is 11.7. The van der Waals surface area contributed by atoms with Crippen molar-refractivity contribution in [3.63, 3.8) is 0 Å². The maximum Gasteiger partial charge on any atom is 0.342 e. The smallest absolute Gasteiger partial charge is 0.342 e. The molecule has 28 heavy (non-hydrogen) atoms. The van der Waals surface area contributed by atoms with Crippen molar-refractivity contribution in [3.05, 3.63) is 46.4 Å². The molecule has 0 bridgehead atoms. The van der Waals surface area contributed by atoms with Crippen molar-refractivity contribution in [1.29, 1.82) is 0 Å². The quantitative estimate of drug-likeness (QED) is 0.487. The molecule has 1 heterocycles. The van der Waals surface area contributed by atoms with Crippen LogP contribution in [0, 0.1) is 13.8 Å². The second-order valence-electron chi connectivity index (χ2n) is 6.03. The van der Waals surface area contributed by atoms with E-state index in [2.05, 4.69) is 9.62 Å². The third-order valence-corrected chi connectivity index (χ3v) is 4.73. The Morgan fingerprint density at radius 1 is 1.25 bits per heavy atom. The zero-order chi connectivity index (χ0) is 21.1. The number of benzene rings is 1. The Morgan fingerprint density at radius 2 is 1.93 bits per heavy atom. The topological polar surface area (TPSA) is 63.9 Å². The monoisotopic (exact) mass is 428 g/mol. The first-order valence-corrected chi connectivity index (χ1v) is 10.1. The van der Waals surface area contributed by atoms with E-state index in [4.69, 9.17) is 25.5 Å². The Bertz CT molecular complexity index is 750. The standard InChI is InChI=1S/C10H14ClNO.C10H15NO3S/c1-12(2)7-8-13-10-6-4-3-5-9(10)11;1-5-13-10(12)8-6(2)14-7(3)9(8)15-11-4/h3-6H,7-8H2,1-2H3;11H,5H2,1-4H3. The molecule has 0 fully saturated rings. The Balaban J connectivity index is 0.000000283. The minimum Gasteiger partial charge on any atom is -0.491 e. The summed E-state index contributed by atoms with van der Waals surface area (Å²) in [4.78, 5) is 14.5. The summed E-state index contributed by atoms with van der Waals surface area (Å²) in [6.45, 7) is 7.30. The molecule has 0 amide bonds. The highest BCUT2D eigenvalue weighted by Gasteiger charge is 2.22. The van der Waals surface area contributed by atoms with Crippen LogP contribution in [0.3, 0.4) is 0 Å². The molecule has 2 aromatic rings. The highest BCUT2D eigenvalue weighted by Crippen LogP contribution is 2.30. The fourth-order valence-electron chi connectivity index (χ4n) is 2.23. The van der Waals surface area contributed by atoms with Gasteiger partial charge in [-0.2, -0.15) is 0 Å². The molecule has 1 N–H and O–H groups in total. The summed E-state index contributed by atoms with van der Waals surface area (Å²) in [5.74, 6) is 1.76. The van der Waals surface area contributed by atoms with Crippen molar-refractivity contribution in [1.82, 2.24) is 9.62 Å². The lowest BCUT2D eigenvalue weighted by Gasteiger charge is -2.11. The highest BCUT2D eigenvalue weighted by atomic mass is 35.5. The number of carbonyl (C=O) groups excluding carboxylic acids is 1. The third-order valence-electron chi connectivity index (χ3n) is 3.52. The Morgan fingerprint density at radius 3 is 2.50 bits per heavy atom. The number of nitrogens with zero attached hydrogens (tertiary/aromatic N) is 1. The summed E-state index contributed by atoms with van der Waals surface area (Å²) < 4.78 is 18.8. The van der Waals surface area contributed by atoms with Gasteiger partial charge in [0.1, 0.15) is 29.4 Å². The number of nitrogens with one attached hydrogen (secondary N) is 1. The van der Waals surface area contributed by atoms with Gasteiger partial charge in [0.15, 0.2) is 0 Å². The van der Waals surface area contributed by atoms with Gasteiger partial charge in [0.05, 0.1) is 16.5 Å². The van der Waals surface area contributed by atoms with E-state index in [1.807, 2.05) is 45.3 Å². The second-order valence-corrected chi connectivity index (χ2v) is 7.46. The maximum absolute atomic E-state index is 11.7. The van der Waals surface area contributed by atoms with Crippen LogP contribution in [0.4, 0.5) is 0 Å². The first kappa shape index (κ1) is 24.4. The summed E-state index contributed by atoms with van der Waals surface area (Å²) in [5, 5.41) is 0.668. The summed E-state index contributed by atoms with van der Waals surface area (Å²) in [5.41, 5.74) is 0.522. The minimum absolute atomic E-state index is 0.329. The number of carbonyl (C=O) groups is 1. The van der Waals surface area contributed by atoms with Gasteiger partial charge in [0.25, 0.3) is 0 Å². The molecule has 0 radical (unpaired) electrons. The molecule has 156 valence electrons. The summed E-state index contributed by atoms with van der Waals surface area (Å²) in [6, 6.07) is 7.50. The number of aryl methyl sites for hydroxylation is 2. The van der Waals surface area contributed by atoms with Crippen molar-refractivity contribution in [2.45, 2.75) is 25.7 Å². The molecule has 0 aliphatic rings. The van der Waals surface area contributed by atoms with E-state index in [0.29, 0.717) is 29.6 Å². The van der Waals surface area contributed by atoms with Gasteiger partial charge in [-0.15, -0.1) is 0 Å². The number of rotatable bonds is 8. The largest absolute Gasteiger partial charge is 0.491 e. The number of hydrogen-bond donors (Lipinski definition) is 1. The van der Waals surface area contributed by atoms with Crippen LogP contribution in [0.1, 0.15) is 28.8 Å². The fraction of sp³-hybridized carbons (Fsp3) is 0.450. The molecular formula is C20H29ClN2O4S. The first-order chi connectivity index (χ1) is 13.3. The molecule has 0 saturated heterocycles. The van der Waals surface area contributed by atoms with Crippen LogP contribution >= 0.6 is 23.5 Å². The average Bonchev–Trinajstić information content (AvgIpc) is 2.91. The molecule has 0 saturated carbocycles. The van der Waals surface area contributed by atoms with Crippen molar-refractivity contribution in [2.75, 3.05) is 40.9 Å². The van der Waals surface area contributed by atoms with Crippen molar-refractivity contribution >= 4 is 29.5 Å². The lowest BCUT2D eigenvalue weighted by Crippen LogP contribution is -2.19. The Labute approximate surface area is 176 Å². The molecule has 6 nitrogen and oxygen atoms in total. The molecule has 0 aliphatic carbocycles. The van der Waals surface area contributed by atoms with E-state index in [1.165, 1.54) is 11.9 Å². The summed E-state index contributed by atoms with van der Waals surface area (Å²) in [6.07, 6.45) is 0. The van der Waals surface area contributed by atoms with Gasteiger partial charge in [0, 0.05) is 6.54 Å². The molecule has 0 aliphatic heterocycles. The minimum atomic E-state index is -0.329. The Hall–Kier alpha value is -1.67. The van der Waals surface area contributed by atoms with Crippen LogP contribution < -0.4 is 9.46 Å². The zero-order valence-corrected chi connectivity index (χ0v) is 18.9. The van der Waals surface area contributed by atoms with Crippen LogP contribution in [0.25, 0.3) is 0 Å². The van der Waals surface area contributed by atoms with Gasteiger partial charge in [0.2, 0.25) is 0 Å². The predicted molar refractivity (Wildman–Crippen MR) is 115 cm³/mol. The van der Waals surface area contributed by atoms with E-state index >= 15 is 0 Å².